The van der Waals surface area contributed by atoms with Gasteiger partial charge in [-0.25, -0.2) is 0 Å². The lowest BCUT2D eigenvalue weighted by Crippen LogP contribution is -2.10. The summed E-state index contributed by atoms with van der Waals surface area (Å²) in [6.45, 7) is 13.2. The first-order valence-electron chi connectivity index (χ1n) is 8.45. The van der Waals surface area contributed by atoms with Crippen molar-refractivity contribution in [2.24, 2.45) is 0 Å². The Morgan fingerprint density at radius 3 is 1.59 bits per heavy atom. The van der Waals surface area contributed by atoms with Crippen LogP contribution in [0.5, 0.6) is 0 Å². The summed E-state index contributed by atoms with van der Waals surface area (Å²) in [5, 5.41) is 0. The Kier molecular flexibility index (Phi) is 7.38. The Hall–Kier alpha value is -1.56. The summed E-state index contributed by atoms with van der Waals surface area (Å²) >= 11 is 0. The van der Waals surface area contributed by atoms with Crippen molar-refractivity contribution in [2.45, 2.75) is 66.2 Å². The molecule has 0 bridgehead atoms. The second-order valence-electron chi connectivity index (χ2n) is 7.21. The fourth-order valence-electron chi connectivity index (χ4n) is 2.19. The van der Waals surface area contributed by atoms with Crippen LogP contribution >= 0.6 is 0 Å². The molecule has 22 heavy (non-hydrogen) atoms. The molecule has 0 N–H and O–H groups in total. The highest BCUT2D eigenvalue weighted by molar-refractivity contribution is 5.26. The third-order valence-corrected chi connectivity index (χ3v) is 3.86. The Labute approximate surface area is 137 Å². The molecule has 0 aliphatic rings. The molecular formula is C22H32. The Balaban J connectivity index is 0.000000220. The van der Waals surface area contributed by atoms with Gasteiger partial charge >= 0.3 is 0 Å². The summed E-state index contributed by atoms with van der Waals surface area (Å²) in [5.41, 5.74) is 5.84. The molecule has 0 atom stereocenters. The fraction of sp³-hybridized carbons (Fsp3) is 0.455. The van der Waals surface area contributed by atoms with E-state index in [0.29, 0.717) is 0 Å². The van der Waals surface area contributed by atoms with E-state index < -0.39 is 0 Å². The minimum absolute atomic E-state index is 0.285. The molecule has 0 heteroatoms. The van der Waals surface area contributed by atoms with Crippen molar-refractivity contribution in [2.75, 3.05) is 0 Å². The van der Waals surface area contributed by atoms with Crippen molar-refractivity contribution in [1.29, 1.82) is 0 Å². The van der Waals surface area contributed by atoms with Crippen molar-refractivity contribution >= 4 is 0 Å². The molecule has 0 radical (unpaired) electrons. The predicted molar refractivity (Wildman–Crippen MR) is 99.7 cm³/mol. The van der Waals surface area contributed by atoms with Gasteiger partial charge in [0.25, 0.3) is 0 Å². The zero-order valence-corrected chi connectivity index (χ0v) is 15.2. The molecule has 0 aliphatic heterocycles. The van der Waals surface area contributed by atoms with Gasteiger partial charge in [0.1, 0.15) is 0 Å². The molecule has 2 rings (SSSR count). The van der Waals surface area contributed by atoms with Crippen LogP contribution in [0.3, 0.4) is 0 Å². The Bertz CT molecular complexity index is 524. The van der Waals surface area contributed by atoms with E-state index in [0.717, 1.165) is 0 Å². The van der Waals surface area contributed by atoms with Crippen LogP contribution in [-0.2, 0) is 11.8 Å². The minimum Gasteiger partial charge on any atom is -0.0654 e. The molecule has 0 aliphatic carbocycles. The van der Waals surface area contributed by atoms with E-state index in [1.807, 2.05) is 0 Å². The van der Waals surface area contributed by atoms with Crippen LogP contribution in [0.1, 0.15) is 62.8 Å². The summed E-state index contributed by atoms with van der Waals surface area (Å²) in [5.74, 6) is 0. The highest BCUT2D eigenvalue weighted by atomic mass is 14.2. The average Bonchev–Trinajstić information content (AvgIpc) is 2.47. The first kappa shape index (κ1) is 18.5. The smallest absolute Gasteiger partial charge is 0.0132 e. The largest absolute Gasteiger partial charge is 0.0654 e. The number of unbranched alkanes of at least 4 members (excludes halogenated alkanes) is 1. The average molecular weight is 296 g/mol. The van der Waals surface area contributed by atoms with Gasteiger partial charge in [-0.1, -0.05) is 93.8 Å². The van der Waals surface area contributed by atoms with Crippen molar-refractivity contribution in [3.63, 3.8) is 0 Å². The molecule has 0 aromatic heterocycles. The lowest BCUT2D eigenvalue weighted by Gasteiger charge is -2.18. The van der Waals surface area contributed by atoms with Crippen LogP contribution < -0.4 is 0 Å². The monoisotopic (exact) mass is 296 g/mol. The topological polar surface area (TPSA) is 0 Å². The molecule has 0 unspecified atom stereocenters. The van der Waals surface area contributed by atoms with Gasteiger partial charge < -0.3 is 0 Å². The van der Waals surface area contributed by atoms with Gasteiger partial charge in [0.05, 0.1) is 0 Å². The summed E-state index contributed by atoms with van der Waals surface area (Å²) in [6.07, 6.45) is 3.83. The van der Waals surface area contributed by atoms with E-state index in [1.165, 1.54) is 41.5 Å². The quantitative estimate of drug-likeness (QED) is 0.596. The van der Waals surface area contributed by atoms with E-state index in [4.69, 9.17) is 0 Å². The molecule has 2 aromatic carbocycles. The fourth-order valence-corrected chi connectivity index (χ4v) is 2.19. The van der Waals surface area contributed by atoms with Gasteiger partial charge in [-0.2, -0.15) is 0 Å². The van der Waals surface area contributed by atoms with E-state index >= 15 is 0 Å². The highest BCUT2D eigenvalue weighted by Gasteiger charge is 2.11. The van der Waals surface area contributed by atoms with Gasteiger partial charge in [-0.05, 0) is 43.2 Å². The van der Waals surface area contributed by atoms with Gasteiger partial charge in [-0.15, -0.1) is 0 Å². The number of benzene rings is 2. The Morgan fingerprint density at radius 2 is 1.18 bits per heavy atom. The second kappa shape index (κ2) is 8.78. The maximum atomic E-state index is 2.23. The molecule has 2 aromatic rings. The van der Waals surface area contributed by atoms with Gasteiger partial charge in [0, 0.05) is 0 Å². The van der Waals surface area contributed by atoms with Crippen LogP contribution in [0.4, 0.5) is 0 Å². The number of hydrogen-bond donors (Lipinski definition) is 0. The molecule has 0 saturated heterocycles. The summed E-state index contributed by atoms with van der Waals surface area (Å²) in [7, 11) is 0. The van der Waals surface area contributed by atoms with Crippen LogP contribution in [0, 0.1) is 13.8 Å². The zero-order chi connectivity index (χ0) is 16.6. The van der Waals surface area contributed by atoms with E-state index in [9.17, 15) is 0 Å². The van der Waals surface area contributed by atoms with Gasteiger partial charge in [0.15, 0.2) is 0 Å². The van der Waals surface area contributed by atoms with Crippen molar-refractivity contribution in [3.05, 3.63) is 70.8 Å². The molecule has 120 valence electrons. The lowest BCUT2D eigenvalue weighted by molar-refractivity contribution is 0.590. The summed E-state index contributed by atoms with van der Waals surface area (Å²) in [4.78, 5) is 0. The SMILES string of the molecule is CCCCc1ccc(C)cc1.Cc1ccc(C(C)(C)C)cc1. The minimum atomic E-state index is 0.285. The van der Waals surface area contributed by atoms with Crippen LogP contribution in [0.25, 0.3) is 0 Å². The van der Waals surface area contributed by atoms with Crippen molar-refractivity contribution in [3.8, 4) is 0 Å². The third kappa shape index (κ3) is 6.93. The van der Waals surface area contributed by atoms with E-state index in [2.05, 4.69) is 90.1 Å². The predicted octanol–water partition coefficient (Wildman–Crippen LogP) is 6.63. The zero-order valence-electron chi connectivity index (χ0n) is 15.2. The lowest BCUT2D eigenvalue weighted by atomic mass is 9.87. The number of hydrogen-bond acceptors (Lipinski definition) is 0. The first-order chi connectivity index (χ1) is 10.3. The molecule has 0 heterocycles. The van der Waals surface area contributed by atoms with Crippen LogP contribution in [-0.4, -0.2) is 0 Å². The number of rotatable bonds is 3. The molecule has 0 saturated carbocycles. The highest BCUT2D eigenvalue weighted by Crippen LogP contribution is 2.21. The van der Waals surface area contributed by atoms with E-state index in [1.54, 1.807) is 0 Å². The Morgan fingerprint density at radius 1 is 0.727 bits per heavy atom. The normalized spacial score (nSPS) is 10.8. The maximum Gasteiger partial charge on any atom is -0.0132 e. The number of aryl methyl sites for hydroxylation is 3. The van der Waals surface area contributed by atoms with E-state index in [-0.39, 0.29) is 5.41 Å². The van der Waals surface area contributed by atoms with Crippen LogP contribution in [0.2, 0.25) is 0 Å². The van der Waals surface area contributed by atoms with Gasteiger partial charge in [0.2, 0.25) is 0 Å². The van der Waals surface area contributed by atoms with Gasteiger partial charge in [-0.3, -0.25) is 0 Å². The first-order valence-corrected chi connectivity index (χ1v) is 8.45. The maximum absolute atomic E-state index is 2.23. The van der Waals surface area contributed by atoms with Crippen LogP contribution in [0.15, 0.2) is 48.5 Å². The summed E-state index contributed by atoms with van der Waals surface area (Å²) < 4.78 is 0. The molecule has 0 nitrogen and oxygen atoms in total. The molecular weight excluding hydrogens is 264 g/mol. The molecule has 0 amide bonds. The third-order valence-electron chi connectivity index (χ3n) is 3.86. The van der Waals surface area contributed by atoms with Crippen molar-refractivity contribution in [1.82, 2.24) is 0 Å². The molecule has 0 spiro atoms. The van der Waals surface area contributed by atoms with Crippen molar-refractivity contribution < 1.29 is 0 Å². The summed E-state index contributed by atoms with van der Waals surface area (Å²) in [6, 6.07) is 17.6. The standard InChI is InChI=1S/2C11H16/c1-9-5-7-10(8-6-9)11(2,3)4;1-3-4-5-11-8-6-10(2)7-9-11/h5-8H,1-4H3;6-9H,3-5H2,1-2H3. The second-order valence-corrected chi connectivity index (χ2v) is 7.21. The molecule has 0 fully saturated rings.